The van der Waals surface area contributed by atoms with Crippen molar-refractivity contribution < 1.29 is 24.2 Å². The van der Waals surface area contributed by atoms with Crippen molar-refractivity contribution in [2.45, 2.75) is 66.4 Å². The van der Waals surface area contributed by atoms with E-state index in [1.807, 2.05) is 40.7 Å². The van der Waals surface area contributed by atoms with Gasteiger partial charge in [-0.05, 0) is 53.4 Å². The van der Waals surface area contributed by atoms with Gasteiger partial charge >= 0.3 is 0 Å². The smallest absolute Gasteiger partial charge is 0.170 e. The molecule has 2 aliphatic carbocycles. The van der Waals surface area contributed by atoms with E-state index in [4.69, 9.17) is 9.47 Å². The van der Waals surface area contributed by atoms with Crippen molar-refractivity contribution in [3.05, 3.63) is 35.1 Å². The minimum atomic E-state index is -1.09. The third kappa shape index (κ3) is 4.15. The number of carbonyl (C=O) groups is 2. The highest BCUT2D eigenvalue weighted by atomic mass is 16.7. The molecular formula is C23H34O5. The highest BCUT2D eigenvalue weighted by Crippen LogP contribution is 2.56. The van der Waals surface area contributed by atoms with Crippen molar-refractivity contribution in [1.82, 2.24) is 0 Å². The number of allylic oxidation sites excluding steroid dienone is 6. The predicted molar refractivity (Wildman–Crippen MR) is 109 cm³/mol. The van der Waals surface area contributed by atoms with Crippen LogP contribution in [-0.4, -0.2) is 36.7 Å². The predicted octanol–water partition coefficient (Wildman–Crippen LogP) is 4.68. The van der Waals surface area contributed by atoms with Crippen LogP contribution in [0.5, 0.6) is 0 Å². The lowest BCUT2D eigenvalue weighted by molar-refractivity contribution is -0.184. The van der Waals surface area contributed by atoms with Crippen molar-refractivity contribution in [3.63, 3.8) is 0 Å². The van der Waals surface area contributed by atoms with E-state index in [2.05, 4.69) is 6.08 Å². The number of hydrogen-bond donors (Lipinski definition) is 1. The number of fused-ring (bicyclic) bond motifs is 2. The number of rotatable bonds is 8. The van der Waals surface area contributed by atoms with Crippen LogP contribution in [0.1, 0.15) is 60.3 Å². The number of aliphatic hydroxyl groups excluding tert-OH is 1. The molecule has 28 heavy (non-hydrogen) atoms. The number of aliphatic hydroxyl groups is 1. The molecule has 0 aromatic heterocycles. The van der Waals surface area contributed by atoms with E-state index < -0.39 is 16.7 Å². The zero-order chi connectivity index (χ0) is 21.1. The van der Waals surface area contributed by atoms with E-state index in [9.17, 15) is 14.7 Å². The van der Waals surface area contributed by atoms with E-state index in [0.717, 1.165) is 12.0 Å². The molecule has 4 unspecified atom stereocenters. The van der Waals surface area contributed by atoms with Gasteiger partial charge in [0.15, 0.2) is 11.6 Å². The first-order chi connectivity index (χ1) is 13.1. The van der Waals surface area contributed by atoms with E-state index in [-0.39, 0.29) is 30.2 Å². The number of ether oxygens (including phenoxy) is 2. The lowest BCUT2D eigenvalue weighted by atomic mass is 9.50. The van der Waals surface area contributed by atoms with E-state index in [1.54, 1.807) is 7.11 Å². The molecule has 0 saturated heterocycles. The summed E-state index contributed by atoms with van der Waals surface area (Å²) >= 11 is 0. The van der Waals surface area contributed by atoms with Gasteiger partial charge in [-0.15, -0.1) is 0 Å². The van der Waals surface area contributed by atoms with Gasteiger partial charge in [0.05, 0.1) is 17.4 Å². The number of hydrogen-bond acceptors (Lipinski definition) is 5. The molecule has 0 aliphatic heterocycles. The van der Waals surface area contributed by atoms with Crippen LogP contribution < -0.4 is 0 Å². The summed E-state index contributed by atoms with van der Waals surface area (Å²) in [6.45, 7) is 10.0. The van der Waals surface area contributed by atoms with E-state index in [1.165, 1.54) is 11.6 Å². The number of Topliss-reactive ketones (excluding diaryl/α,β-unsaturated/α-hetero) is 1. The van der Waals surface area contributed by atoms with Crippen LogP contribution in [0.15, 0.2) is 35.1 Å². The molecule has 5 nitrogen and oxygen atoms in total. The first-order valence-electron chi connectivity index (χ1n) is 9.95. The number of ketones is 2. The van der Waals surface area contributed by atoms with Crippen LogP contribution in [0.3, 0.4) is 0 Å². The Morgan fingerprint density at radius 2 is 1.86 bits per heavy atom. The van der Waals surface area contributed by atoms with Crippen molar-refractivity contribution in [2.75, 3.05) is 13.9 Å². The fourth-order valence-electron chi connectivity index (χ4n) is 4.50. The van der Waals surface area contributed by atoms with Gasteiger partial charge in [0.2, 0.25) is 0 Å². The molecule has 2 rings (SSSR count). The minimum absolute atomic E-state index is 0.0845. The summed E-state index contributed by atoms with van der Waals surface area (Å²) < 4.78 is 11.1. The van der Waals surface area contributed by atoms with Crippen LogP contribution in [0.2, 0.25) is 0 Å². The SMILES string of the molecule is COCOC1CC2(CC=C(C)C)C(=O)C(C(=O)C=C2O)C1(C)CCC=C(C)C. The summed E-state index contributed by atoms with van der Waals surface area (Å²) in [6, 6.07) is 0. The Bertz CT molecular complexity index is 709. The van der Waals surface area contributed by atoms with E-state index in [0.29, 0.717) is 19.3 Å². The van der Waals surface area contributed by atoms with Gasteiger partial charge in [0.1, 0.15) is 12.6 Å². The van der Waals surface area contributed by atoms with Gasteiger partial charge in [-0.2, -0.15) is 0 Å². The van der Waals surface area contributed by atoms with Crippen LogP contribution in [0.25, 0.3) is 0 Å². The molecule has 1 saturated carbocycles. The van der Waals surface area contributed by atoms with Gasteiger partial charge in [-0.1, -0.05) is 30.2 Å². The fraction of sp³-hybridized carbons (Fsp3) is 0.652. The van der Waals surface area contributed by atoms with Crippen molar-refractivity contribution >= 4 is 11.6 Å². The summed E-state index contributed by atoms with van der Waals surface area (Å²) in [6.07, 6.45) is 7.11. The van der Waals surface area contributed by atoms with Crippen LogP contribution in [0, 0.1) is 16.7 Å². The Labute approximate surface area is 168 Å². The average molecular weight is 391 g/mol. The Morgan fingerprint density at radius 3 is 2.43 bits per heavy atom. The molecule has 4 atom stereocenters. The highest BCUT2D eigenvalue weighted by Gasteiger charge is 2.63. The molecule has 156 valence electrons. The topological polar surface area (TPSA) is 72.8 Å². The van der Waals surface area contributed by atoms with Gasteiger partial charge < -0.3 is 14.6 Å². The second kappa shape index (κ2) is 8.75. The van der Waals surface area contributed by atoms with Crippen molar-refractivity contribution in [3.8, 4) is 0 Å². The highest BCUT2D eigenvalue weighted by molar-refractivity contribution is 6.14. The lowest BCUT2D eigenvalue weighted by Crippen LogP contribution is -2.61. The first-order valence-corrected chi connectivity index (χ1v) is 9.95. The summed E-state index contributed by atoms with van der Waals surface area (Å²) in [4.78, 5) is 26.4. The number of carbonyl (C=O) groups excluding carboxylic acids is 2. The summed E-state index contributed by atoms with van der Waals surface area (Å²) in [5.74, 6) is -1.43. The lowest BCUT2D eigenvalue weighted by Gasteiger charge is -2.53. The second-order valence-electron chi connectivity index (χ2n) is 8.89. The molecule has 0 amide bonds. The maximum absolute atomic E-state index is 13.5. The molecule has 2 bridgehead atoms. The standard InChI is InChI=1S/C23H34O5/c1-15(2)8-7-10-22(5)19(28-14-27-6)13-23(11-9-16(3)4)18(25)12-17(24)20(22)21(23)26/h8-9,12,19-20,25H,7,10-11,13-14H2,1-6H3. The largest absolute Gasteiger partial charge is 0.511 e. The van der Waals surface area contributed by atoms with Gasteiger partial charge in [-0.25, -0.2) is 0 Å². The van der Waals surface area contributed by atoms with Crippen LogP contribution in [-0.2, 0) is 19.1 Å². The number of methoxy groups -OCH3 is 1. The van der Waals surface area contributed by atoms with Gasteiger partial charge in [-0.3, -0.25) is 9.59 Å². The average Bonchev–Trinajstić information content (AvgIpc) is 2.59. The third-order valence-electron chi connectivity index (χ3n) is 6.20. The Kier molecular flexibility index (Phi) is 7.05. The Balaban J connectivity index is 2.51. The molecular weight excluding hydrogens is 356 g/mol. The van der Waals surface area contributed by atoms with Crippen LogP contribution in [0.4, 0.5) is 0 Å². The van der Waals surface area contributed by atoms with Gasteiger partial charge in [0, 0.05) is 18.6 Å². The third-order valence-corrected chi connectivity index (χ3v) is 6.20. The molecule has 0 aromatic carbocycles. The molecule has 0 aromatic rings. The van der Waals surface area contributed by atoms with Crippen molar-refractivity contribution in [1.29, 1.82) is 0 Å². The summed E-state index contributed by atoms with van der Waals surface area (Å²) in [5, 5.41) is 10.7. The molecule has 0 radical (unpaired) electrons. The minimum Gasteiger partial charge on any atom is -0.511 e. The zero-order valence-electron chi connectivity index (χ0n) is 18.0. The quantitative estimate of drug-likeness (QED) is 0.370. The Hall–Kier alpha value is -1.72. The monoisotopic (exact) mass is 390 g/mol. The summed E-state index contributed by atoms with van der Waals surface area (Å²) in [5.41, 5.74) is 0.523. The zero-order valence-corrected chi connectivity index (χ0v) is 18.0. The van der Waals surface area contributed by atoms with Crippen molar-refractivity contribution in [2.24, 2.45) is 16.7 Å². The van der Waals surface area contributed by atoms with E-state index >= 15 is 0 Å². The molecule has 0 spiro atoms. The normalized spacial score (nSPS) is 32.0. The molecule has 5 heteroatoms. The van der Waals surface area contributed by atoms with Gasteiger partial charge in [0.25, 0.3) is 0 Å². The molecule has 0 heterocycles. The molecule has 1 N–H and O–H groups in total. The maximum atomic E-state index is 13.5. The summed E-state index contributed by atoms with van der Waals surface area (Å²) in [7, 11) is 1.55. The van der Waals surface area contributed by atoms with Crippen LogP contribution >= 0.6 is 0 Å². The second-order valence-corrected chi connectivity index (χ2v) is 8.89. The Morgan fingerprint density at radius 1 is 1.21 bits per heavy atom. The molecule has 2 aliphatic rings. The first kappa shape index (κ1) is 22.6. The molecule has 1 fully saturated rings. The maximum Gasteiger partial charge on any atom is 0.170 e. The fourth-order valence-corrected chi connectivity index (χ4v) is 4.50.